The molecule has 1 heterocycles. The Bertz CT molecular complexity index is 342. The molecule has 2 heteroatoms. The van der Waals surface area contributed by atoms with E-state index in [1.165, 1.54) is 11.1 Å². The summed E-state index contributed by atoms with van der Waals surface area (Å²) in [6.45, 7) is 6.35. The normalized spacial score (nSPS) is 13.6. The Morgan fingerprint density at radius 1 is 1.54 bits per heavy atom. The number of fused-ring (bicyclic) bond motifs is 1. The van der Waals surface area contributed by atoms with Crippen molar-refractivity contribution in [3.05, 3.63) is 41.5 Å². The highest BCUT2D eigenvalue weighted by molar-refractivity contribution is 5.43. The molecule has 0 radical (unpaired) electrons. The Balaban J connectivity index is 2.42. The second kappa shape index (κ2) is 3.23. The predicted molar refractivity (Wildman–Crippen MR) is 50.5 cm³/mol. The van der Waals surface area contributed by atoms with Gasteiger partial charge >= 0.3 is 0 Å². The summed E-state index contributed by atoms with van der Waals surface area (Å²) in [5, 5.41) is 0. The highest BCUT2D eigenvalue weighted by atomic mass is 17.2. The van der Waals surface area contributed by atoms with Crippen LogP contribution in [0.4, 0.5) is 0 Å². The van der Waals surface area contributed by atoms with Gasteiger partial charge in [0, 0.05) is 5.56 Å². The van der Waals surface area contributed by atoms with Crippen LogP contribution < -0.4 is 4.89 Å². The van der Waals surface area contributed by atoms with Crippen molar-refractivity contribution in [3.8, 4) is 5.75 Å². The van der Waals surface area contributed by atoms with Crippen LogP contribution in [0.2, 0.25) is 0 Å². The van der Waals surface area contributed by atoms with Crippen LogP contribution in [0.3, 0.4) is 0 Å². The fourth-order valence-corrected chi connectivity index (χ4v) is 1.50. The average molecular weight is 176 g/mol. The van der Waals surface area contributed by atoms with Crippen LogP contribution in [0.1, 0.15) is 16.7 Å². The predicted octanol–water partition coefficient (Wildman–Crippen LogP) is 2.55. The molecule has 1 aliphatic heterocycles. The van der Waals surface area contributed by atoms with Gasteiger partial charge in [-0.25, -0.2) is 0 Å². The van der Waals surface area contributed by atoms with Gasteiger partial charge in [-0.3, -0.25) is 0 Å². The summed E-state index contributed by atoms with van der Waals surface area (Å²) >= 11 is 0. The van der Waals surface area contributed by atoms with Gasteiger partial charge in [0.1, 0.15) is 6.61 Å². The van der Waals surface area contributed by atoms with Crippen LogP contribution in [0.25, 0.3) is 0 Å². The second-order valence-corrected chi connectivity index (χ2v) is 3.22. The van der Waals surface area contributed by atoms with Crippen molar-refractivity contribution >= 4 is 0 Å². The fraction of sp³-hybridized carbons (Fsp3) is 0.273. The highest BCUT2D eigenvalue weighted by Gasteiger charge is 2.15. The average Bonchev–Trinajstić information content (AvgIpc) is 2.52. The molecule has 0 fully saturated rings. The molecule has 2 rings (SSSR count). The van der Waals surface area contributed by atoms with Crippen molar-refractivity contribution in [2.24, 2.45) is 0 Å². The first-order chi connectivity index (χ1) is 6.31. The number of hydrogen-bond donors (Lipinski definition) is 0. The van der Waals surface area contributed by atoms with Gasteiger partial charge in [0.15, 0.2) is 5.75 Å². The Morgan fingerprint density at radius 2 is 2.38 bits per heavy atom. The van der Waals surface area contributed by atoms with Crippen molar-refractivity contribution in [1.29, 1.82) is 0 Å². The van der Waals surface area contributed by atoms with Gasteiger partial charge in [-0.2, -0.15) is 4.89 Å². The summed E-state index contributed by atoms with van der Waals surface area (Å²) < 4.78 is 0. The maximum absolute atomic E-state index is 4.99. The van der Waals surface area contributed by atoms with Crippen molar-refractivity contribution in [1.82, 2.24) is 0 Å². The van der Waals surface area contributed by atoms with Crippen molar-refractivity contribution in [2.45, 2.75) is 20.0 Å². The van der Waals surface area contributed by atoms with E-state index in [4.69, 9.17) is 9.78 Å². The first kappa shape index (κ1) is 8.32. The highest BCUT2D eigenvalue weighted by Crippen LogP contribution is 2.29. The van der Waals surface area contributed by atoms with Crippen LogP contribution in [-0.2, 0) is 17.9 Å². The van der Waals surface area contributed by atoms with E-state index in [0.717, 1.165) is 17.7 Å². The summed E-state index contributed by atoms with van der Waals surface area (Å²) in [7, 11) is 0. The lowest BCUT2D eigenvalue weighted by molar-refractivity contribution is -0.194. The zero-order chi connectivity index (χ0) is 9.26. The van der Waals surface area contributed by atoms with Crippen LogP contribution in [0, 0.1) is 6.92 Å². The summed E-state index contributed by atoms with van der Waals surface area (Å²) in [5.74, 6) is 0.852. The van der Waals surface area contributed by atoms with E-state index in [9.17, 15) is 0 Å². The van der Waals surface area contributed by atoms with E-state index in [2.05, 4.69) is 19.6 Å². The SMILES string of the molecule is C=CCc1cc2c(cc1C)OOC2. The molecule has 0 bridgehead atoms. The molecule has 0 atom stereocenters. The van der Waals surface area contributed by atoms with Crippen LogP contribution in [-0.4, -0.2) is 0 Å². The zero-order valence-electron chi connectivity index (χ0n) is 7.67. The molecule has 1 aliphatic rings. The summed E-state index contributed by atoms with van der Waals surface area (Å²) in [6, 6.07) is 4.14. The molecule has 0 spiro atoms. The fourth-order valence-electron chi connectivity index (χ4n) is 1.50. The quantitative estimate of drug-likeness (QED) is 0.509. The maximum Gasteiger partial charge on any atom is 0.171 e. The van der Waals surface area contributed by atoms with E-state index >= 15 is 0 Å². The first-order valence-corrected chi connectivity index (χ1v) is 4.34. The lowest BCUT2D eigenvalue weighted by atomic mass is 10.0. The molecule has 2 nitrogen and oxygen atoms in total. The van der Waals surface area contributed by atoms with Gasteiger partial charge in [0.25, 0.3) is 0 Å². The maximum atomic E-state index is 4.99. The Labute approximate surface area is 77.7 Å². The molecule has 1 aromatic carbocycles. The molecule has 68 valence electrons. The molecule has 0 N–H and O–H groups in total. The van der Waals surface area contributed by atoms with E-state index in [0.29, 0.717) is 6.61 Å². The Morgan fingerprint density at radius 3 is 3.15 bits per heavy atom. The first-order valence-electron chi connectivity index (χ1n) is 4.34. The molecule has 0 saturated heterocycles. The minimum atomic E-state index is 0.555. The van der Waals surface area contributed by atoms with Gasteiger partial charge in [-0.15, -0.1) is 6.58 Å². The van der Waals surface area contributed by atoms with E-state index in [1.807, 2.05) is 12.1 Å². The molecule has 0 aromatic heterocycles. The molecule has 0 saturated carbocycles. The third kappa shape index (κ3) is 1.45. The number of hydrogen-bond acceptors (Lipinski definition) is 2. The van der Waals surface area contributed by atoms with Crippen LogP contribution in [0.5, 0.6) is 5.75 Å². The number of rotatable bonds is 2. The zero-order valence-corrected chi connectivity index (χ0v) is 7.67. The van der Waals surface area contributed by atoms with Gasteiger partial charge in [0.2, 0.25) is 0 Å². The topological polar surface area (TPSA) is 18.5 Å². The summed E-state index contributed by atoms with van der Waals surface area (Å²) in [5.41, 5.74) is 3.65. The molecular formula is C11H12O2. The van der Waals surface area contributed by atoms with Gasteiger partial charge in [-0.05, 0) is 36.6 Å². The molecule has 0 unspecified atom stereocenters. The summed E-state index contributed by atoms with van der Waals surface area (Å²) in [4.78, 5) is 9.86. The van der Waals surface area contributed by atoms with Gasteiger partial charge in [0.05, 0.1) is 0 Å². The van der Waals surface area contributed by atoms with Crippen molar-refractivity contribution < 1.29 is 9.78 Å². The minimum absolute atomic E-state index is 0.555. The Hall–Kier alpha value is -1.28. The summed E-state index contributed by atoms with van der Waals surface area (Å²) in [6.07, 6.45) is 2.81. The third-order valence-electron chi connectivity index (χ3n) is 2.25. The molecule has 0 amide bonds. The molecule has 0 aliphatic carbocycles. The van der Waals surface area contributed by atoms with E-state index in [-0.39, 0.29) is 0 Å². The lowest BCUT2D eigenvalue weighted by Gasteiger charge is -2.04. The largest absolute Gasteiger partial charge is 0.337 e. The monoisotopic (exact) mass is 176 g/mol. The molecule has 13 heavy (non-hydrogen) atoms. The molecule has 1 aromatic rings. The number of aryl methyl sites for hydroxylation is 1. The van der Waals surface area contributed by atoms with E-state index < -0.39 is 0 Å². The van der Waals surface area contributed by atoms with Crippen molar-refractivity contribution in [3.63, 3.8) is 0 Å². The standard InChI is InChI=1S/C11H12O2/c1-3-4-9-6-10-7-12-13-11(10)5-8(9)2/h3,5-6H,1,4,7H2,2H3. The van der Waals surface area contributed by atoms with Gasteiger partial charge < -0.3 is 4.89 Å². The smallest absolute Gasteiger partial charge is 0.171 e. The van der Waals surface area contributed by atoms with Gasteiger partial charge in [-0.1, -0.05) is 6.08 Å². The van der Waals surface area contributed by atoms with Crippen LogP contribution >= 0.6 is 0 Å². The molecular weight excluding hydrogens is 164 g/mol. The van der Waals surface area contributed by atoms with Crippen LogP contribution in [0.15, 0.2) is 24.8 Å². The number of benzene rings is 1. The van der Waals surface area contributed by atoms with Crippen molar-refractivity contribution in [2.75, 3.05) is 0 Å². The number of allylic oxidation sites excluding steroid dienone is 1. The Kier molecular flexibility index (Phi) is 2.07. The van der Waals surface area contributed by atoms with E-state index in [1.54, 1.807) is 0 Å². The second-order valence-electron chi connectivity index (χ2n) is 3.22. The lowest BCUT2D eigenvalue weighted by Crippen LogP contribution is -1.89. The minimum Gasteiger partial charge on any atom is -0.337 e. The third-order valence-corrected chi connectivity index (χ3v) is 2.25.